The van der Waals surface area contributed by atoms with Crippen molar-refractivity contribution < 1.29 is 19.1 Å². The van der Waals surface area contributed by atoms with E-state index >= 15 is 0 Å². The number of carbonyl (C=O) groups is 2. The van der Waals surface area contributed by atoms with Crippen molar-refractivity contribution in [3.05, 3.63) is 42.2 Å². The van der Waals surface area contributed by atoms with Gasteiger partial charge in [0.1, 0.15) is 0 Å². The van der Waals surface area contributed by atoms with Gasteiger partial charge in [0.2, 0.25) is 5.95 Å². The number of aromatic nitrogens is 2. The Labute approximate surface area is 182 Å². The third kappa shape index (κ3) is 6.07. The number of nitrogens with one attached hydrogen (secondary N) is 1. The normalized spacial score (nSPS) is 13.6. The average Bonchev–Trinajstić information content (AvgIpc) is 2.81. The second-order valence-corrected chi connectivity index (χ2v) is 6.98. The largest absolute Gasteiger partial charge is 0.490 e. The highest BCUT2D eigenvalue weighted by atomic mass is 16.5. The van der Waals surface area contributed by atoms with Gasteiger partial charge >= 0.3 is 11.8 Å². The molecule has 1 N–H and O–H groups in total. The molecule has 2 amide bonds. The van der Waals surface area contributed by atoms with Gasteiger partial charge in [-0.05, 0) is 44.0 Å². The molecule has 0 unspecified atom stereocenters. The fourth-order valence-electron chi connectivity index (χ4n) is 3.35. The van der Waals surface area contributed by atoms with Gasteiger partial charge in [0.05, 0.1) is 13.2 Å². The molecule has 0 aliphatic carbocycles. The zero-order chi connectivity index (χ0) is 22.1. The molecule has 1 saturated heterocycles. The molecule has 0 atom stereocenters. The van der Waals surface area contributed by atoms with Crippen LogP contribution >= 0.6 is 0 Å². The summed E-state index contributed by atoms with van der Waals surface area (Å²) in [5.74, 6) is 0.938. The van der Waals surface area contributed by atoms with E-state index in [9.17, 15) is 9.59 Å². The Morgan fingerprint density at radius 1 is 1.00 bits per heavy atom. The summed E-state index contributed by atoms with van der Waals surface area (Å²) in [5, 5.41) is 2.72. The zero-order valence-electron chi connectivity index (χ0n) is 18.0. The SMILES string of the molecule is CCOc1ccc(CCNC(=O)C(=O)N2CCN(c3ncccn3)CC2)cc1OCC. The Morgan fingerprint density at radius 3 is 2.35 bits per heavy atom. The van der Waals surface area contributed by atoms with Crippen molar-refractivity contribution in [1.29, 1.82) is 0 Å². The fourth-order valence-corrected chi connectivity index (χ4v) is 3.35. The van der Waals surface area contributed by atoms with Crippen molar-refractivity contribution in [3.63, 3.8) is 0 Å². The highest BCUT2D eigenvalue weighted by Gasteiger charge is 2.26. The minimum atomic E-state index is -0.583. The first kappa shape index (κ1) is 22.3. The first-order chi connectivity index (χ1) is 15.1. The molecule has 0 bridgehead atoms. The van der Waals surface area contributed by atoms with E-state index in [0.29, 0.717) is 69.8 Å². The standard InChI is InChI=1S/C22H29N5O4/c1-3-30-18-7-6-17(16-19(18)31-4-2)8-11-23-20(28)21(29)26-12-14-27(15-13-26)22-24-9-5-10-25-22/h5-7,9-10,16H,3-4,8,11-15H2,1-2H3,(H,23,28). The highest BCUT2D eigenvalue weighted by Crippen LogP contribution is 2.28. The van der Waals surface area contributed by atoms with Crippen LogP contribution < -0.4 is 19.7 Å². The lowest BCUT2D eigenvalue weighted by Gasteiger charge is -2.34. The molecule has 0 spiro atoms. The molecule has 1 aliphatic heterocycles. The van der Waals surface area contributed by atoms with Crippen LogP contribution in [0.15, 0.2) is 36.7 Å². The fraction of sp³-hybridized carbons (Fsp3) is 0.455. The summed E-state index contributed by atoms with van der Waals surface area (Å²) in [4.78, 5) is 36.8. The van der Waals surface area contributed by atoms with Crippen LogP contribution in [0.1, 0.15) is 19.4 Å². The van der Waals surface area contributed by atoms with Crippen LogP contribution in [-0.4, -0.2) is 72.6 Å². The Kier molecular flexibility index (Phi) is 8.03. The molecule has 1 aromatic carbocycles. The Bertz CT molecular complexity index is 869. The molecule has 0 saturated carbocycles. The zero-order valence-corrected chi connectivity index (χ0v) is 18.0. The van der Waals surface area contributed by atoms with Gasteiger partial charge in [-0.3, -0.25) is 9.59 Å². The van der Waals surface area contributed by atoms with Crippen molar-refractivity contribution in [2.24, 2.45) is 0 Å². The summed E-state index contributed by atoms with van der Waals surface area (Å²) in [6.07, 6.45) is 3.97. The number of rotatable bonds is 8. The van der Waals surface area contributed by atoms with Crippen LogP contribution in [0.3, 0.4) is 0 Å². The predicted octanol–water partition coefficient (Wildman–Crippen LogP) is 1.28. The van der Waals surface area contributed by atoms with Gasteiger partial charge in [0.25, 0.3) is 0 Å². The molecular weight excluding hydrogens is 398 g/mol. The minimum Gasteiger partial charge on any atom is -0.490 e. The third-order valence-electron chi connectivity index (χ3n) is 4.90. The molecule has 166 valence electrons. The van der Waals surface area contributed by atoms with Gasteiger partial charge in [-0.1, -0.05) is 6.07 Å². The number of anilines is 1. The molecule has 2 aromatic rings. The first-order valence-electron chi connectivity index (χ1n) is 10.6. The average molecular weight is 428 g/mol. The van der Waals surface area contributed by atoms with E-state index in [2.05, 4.69) is 15.3 Å². The van der Waals surface area contributed by atoms with Gasteiger partial charge in [0, 0.05) is 45.1 Å². The van der Waals surface area contributed by atoms with Gasteiger partial charge in [-0.25, -0.2) is 9.97 Å². The summed E-state index contributed by atoms with van der Waals surface area (Å²) < 4.78 is 11.2. The molecule has 1 fully saturated rings. The van der Waals surface area contributed by atoms with Crippen molar-refractivity contribution in [3.8, 4) is 11.5 Å². The monoisotopic (exact) mass is 427 g/mol. The number of nitrogens with zero attached hydrogens (tertiary/aromatic N) is 4. The minimum absolute atomic E-state index is 0.363. The van der Waals surface area contributed by atoms with Gasteiger partial charge < -0.3 is 24.6 Å². The molecule has 1 aromatic heterocycles. The van der Waals surface area contributed by atoms with Crippen molar-refractivity contribution in [1.82, 2.24) is 20.2 Å². The van der Waals surface area contributed by atoms with E-state index in [0.717, 1.165) is 5.56 Å². The summed E-state index contributed by atoms with van der Waals surface area (Å²) in [6.45, 7) is 7.41. The van der Waals surface area contributed by atoms with Crippen LogP contribution in [0.2, 0.25) is 0 Å². The lowest BCUT2D eigenvalue weighted by molar-refractivity contribution is -0.146. The van der Waals surface area contributed by atoms with E-state index in [1.54, 1.807) is 23.4 Å². The van der Waals surface area contributed by atoms with Gasteiger partial charge in [-0.2, -0.15) is 0 Å². The Morgan fingerprint density at radius 2 is 1.68 bits per heavy atom. The first-order valence-corrected chi connectivity index (χ1v) is 10.6. The highest BCUT2D eigenvalue weighted by molar-refractivity contribution is 6.35. The van der Waals surface area contributed by atoms with Gasteiger partial charge in [0.15, 0.2) is 11.5 Å². The Hall–Kier alpha value is -3.36. The van der Waals surface area contributed by atoms with Crippen LogP contribution in [0.4, 0.5) is 5.95 Å². The number of ether oxygens (including phenoxy) is 2. The van der Waals surface area contributed by atoms with Crippen molar-refractivity contribution in [2.75, 3.05) is 50.8 Å². The molecule has 9 heteroatoms. The van der Waals surface area contributed by atoms with E-state index in [1.165, 1.54) is 0 Å². The van der Waals surface area contributed by atoms with E-state index in [-0.39, 0.29) is 0 Å². The van der Waals surface area contributed by atoms with Crippen LogP contribution in [0.25, 0.3) is 0 Å². The van der Waals surface area contributed by atoms with E-state index in [4.69, 9.17) is 9.47 Å². The Balaban J connectivity index is 1.45. The number of piperazine rings is 1. The second kappa shape index (κ2) is 11.1. The van der Waals surface area contributed by atoms with Crippen molar-refractivity contribution >= 4 is 17.8 Å². The third-order valence-corrected chi connectivity index (χ3v) is 4.90. The van der Waals surface area contributed by atoms with Crippen LogP contribution in [-0.2, 0) is 16.0 Å². The topological polar surface area (TPSA) is 96.9 Å². The lowest BCUT2D eigenvalue weighted by Crippen LogP contribution is -2.53. The van der Waals surface area contributed by atoms with Gasteiger partial charge in [-0.15, -0.1) is 0 Å². The van der Waals surface area contributed by atoms with Crippen LogP contribution in [0, 0.1) is 0 Å². The summed E-state index contributed by atoms with van der Waals surface area (Å²) in [7, 11) is 0. The van der Waals surface area contributed by atoms with Crippen molar-refractivity contribution in [2.45, 2.75) is 20.3 Å². The summed E-state index contributed by atoms with van der Waals surface area (Å²) in [6, 6.07) is 7.48. The number of amides is 2. The molecule has 3 rings (SSSR count). The maximum atomic E-state index is 12.5. The predicted molar refractivity (Wildman–Crippen MR) is 116 cm³/mol. The van der Waals surface area contributed by atoms with E-state index < -0.39 is 11.8 Å². The summed E-state index contributed by atoms with van der Waals surface area (Å²) >= 11 is 0. The van der Waals surface area contributed by atoms with E-state index in [1.807, 2.05) is 36.9 Å². The maximum absolute atomic E-state index is 12.5. The molecular formula is C22H29N5O4. The molecule has 1 aliphatic rings. The lowest BCUT2D eigenvalue weighted by atomic mass is 10.1. The molecule has 9 nitrogen and oxygen atoms in total. The quantitative estimate of drug-likeness (QED) is 0.634. The molecule has 2 heterocycles. The number of hydrogen-bond donors (Lipinski definition) is 1. The number of hydrogen-bond acceptors (Lipinski definition) is 7. The maximum Gasteiger partial charge on any atom is 0.312 e. The van der Waals surface area contributed by atoms with Crippen LogP contribution in [0.5, 0.6) is 11.5 Å². The molecule has 0 radical (unpaired) electrons. The molecule has 31 heavy (non-hydrogen) atoms. The summed E-state index contributed by atoms with van der Waals surface area (Å²) in [5.41, 5.74) is 0.996. The second-order valence-electron chi connectivity index (χ2n) is 6.98. The smallest absolute Gasteiger partial charge is 0.312 e. The number of benzene rings is 1. The number of carbonyl (C=O) groups excluding carboxylic acids is 2.